The van der Waals surface area contributed by atoms with Crippen molar-refractivity contribution in [3.63, 3.8) is 0 Å². The van der Waals surface area contributed by atoms with E-state index in [1.54, 1.807) is 0 Å². The Morgan fingerprint density at radius 2 is 1.88 bits per heavy atom. The van der Waals surface area contributed by atoms with Gasteiger partial charge in [0.2, 0.25) is 0 Å². The summed E-state index contributed by atoms with van der Waals surface area (Å²) in [7, 11) is 0. The van der Waals surface area contributed by atoms with Crippen LogP contribution in [0.3, 0.4) is 0 Å². The number of carboxylic acids is 1. The first kappa shape index (κ1) is 11.0. The average molecular weight is 126 g/mol. The summed E-state index contributed by atoms with van der Waals surface area (Å²) < 4.78 is 0. The van der Waals surface area contributed by atoms with Gasteiger partial charge in [-0.2, -0.15) is 0 Å². The fourth-order valence-corrected chi connectivity index (χ4v) is 0.213. The van der Waals surface area contributed by atoms with Crippen LogP contribution in [0.2, 0.25) is 0 Å². The van der Waals surface area contributed by atoms with Crippen LogP contribution in [0.25, 0.3) is 0 Å². The maximum atomic E-state index is 9.87. The summed E-state index contributed by atoms with van der Waals surface area (Å²) in [6.07, 6.45) is -0.361. The molecule has 1 N–H and O–H groups in total. The number of ketones is 1. The van der Waals surface area contributed by atoms with Crippen LogP contribution in [-0.2, 0) is 9.59 Å². The fraction of sp³-hybridized carbons (Fsp3) is 0.500. The van der Waals surface area contributed by atoms with Gasteiger partial charge in [0.15, 0.2) is 0 Å². The van der Waals surface area contributed by atoms with Crippen molar-refractivity contribution in [3.05, 3.63) is 0 Å². The Morgan fingerprint density at radius 1 is 1.50 bits per heavy atom. The second-order valence-corrected chi connectivity index (χ2v) is 1.27. The molecule has 0 aromatic heterocycles. The molecule has 0 atom stereocenters. The molecular formula is C4H7NaO3. The second-order valence-electron chi connectivity index (χ2n) is 1.27. The molecule has 0 unspecified atom stereocenters. The summed E-state index contributed by atoms with van der Waals surface area (Å²) in [4.78, 5) is 19.5. The average Bonchev–Trinajstić information content (AvgIpc) is 1.27. The van der Waals surface area contributed by atoms with Crippen molar-refractivity contribution >= 4 is 41.3 Å². The van der Waals surface area contributed by atoms with Gasteiger partial charge in [0.05, 0.1) is 0 Å². The molecule has 0 aliphatic heterocycles. The summed E-state index contributed by atoms with van der Waals surface area (Å²) in [5, 5.41) is 7.86. The molecule has 0 radical (unpaired) electrons. The number of hydrogen-bond donors (Lipinski definition) is 1. The van der Waals surface area contributed by atoms with Gasteiger partial charge in [0, 0.05) is 0 Å². The zero-order chi connectivity index (χ0) is 5.86. The van der Waals surface area contributed by atoms with Crippen LogP contribution in [0.15, 0.2) is 0 Å². The Bertz CT molecular complexity index is 87.5. The van der Waals surface area contributed by atoms with Crippen molar-refractivity contribution < 1.29 is 14.7 Å². The molecule has 42 valence electrons. The summed E-state index contributed by atoms with van der Waals surface area (Å²) in [6.45, 7) is 1.24. The van der Waals surface area contributed by atoms with Crippen LogP contribution in [0.5, 0.6) is 0 Å². The van der Waals surface area contributed by atoms with Crippen molar-refractivity contribution in [3.8, 4) is 0 Å². The topological polar surface area (TPSA) is 54.4 Å². The van der Waals surface area contributed by atoms with E-state index in [1.165, 1.54) is 6.92 Å². The molecule has 0 spiro atoms. The van der Waals surface area contributed by atoms with E-state index >= 15 is 0 Å². The molecule has 0 fully saturated rings. The van der Waals surface area contributed by atoms with Gasteiger partial charge in [-0.3, -0.25) is 9.59 Å². The van der Waals surface area contributed by atoms with E-state index in [-0.39, 0.29) is 41.8 Å². The standard InChI is InChI=1S/C4H6O3.Na.H/c1-3(5)2-4(6)7;;/h2H2,1H3,(H,6,7);;. The first-order valence-electron chi connectivity index (χ1n) is 1.84. The van der Waals surface area contributed by atoms with Crippen LogP contribution in [0, 0.1) is 0 Å². The van der Waals surface area contributed by atoms with E-state index in [4.69, 9.17) is 5.11 Å². The van der Waals surface area contributed by atoms with E-state index in [9.17, 15) is 9.59 Å². The molecule has 0 aliphatic carbocycles. The minimum absolute atomic E-state index is 0. The number of carbonyl (C=O) groups is 2. The zero-order valence-electron chi connectivity index (χ0n) is 3.97. The monoisotopic (exact) mass is 126 g/mol. The molecule has 0 heterocycles. The first-order chi connectivity index (χ1) is 3.13. The van der Waals surface area contributed by atoms with Gasteiger partial charge in [-0.05, 0) is 6.92 Å². The molecule has 0 rings (SSSR count). The molecule has 3 nitrogen and oxygen atoms in total. The summed E-state index contributed by atoms with van der Waals surface area (Å²) in [6, 6.07) is 0. The molecule has 0 amide bonds. The molecule has 0 saturated heterocycles. The third kappa shape index (κ3) is 9.46. The zero-order valence-corrected chi connectivity index (χ0v) is 3.97. The number of carbonyl (C=O) groups excluding carboxylic acids is 1. The molecular weight excluding hydrogens is 119 g/mol. The predicted octanol–water partition coefficient (Wildman–Crippen LogP) is -0.598. The Morgan fingerprint density at radius 3 is 1.88 bits per heavy atom. The molecule has 0 aromatic rings. The van der Waals surface area contributed by atoms with Crippen LogP contribution in [-0.4, -0.2) is 46.4 Å². The molecule has 0 aromatic carbocycles. The number of hydrogen-bond acceptors (Lipinski definition) is 2. The van der Waals surface area contributed by atoms with E-state index < -0.39 is 5.97 Å². The second kappa shape index (κ2) is 5.28. The summed E-state index contributed by atoms with van der Waals surface area (Å²) in [5.41, 5.74) is 0. The van der Waals surface area contributed by atoms with Gasteiger partial charge in [-0.1, -0.05) is 0 Å². The predicted molar refractivity (Wildman–Crippen MR) is 30.1 cm³/mol. The van der Waals surface area contributed by atoms with Gasteiger partial charge in [-0.15, -0.1) is 0 Å². The van der Waals surface area contributed by atoms with E-state index in [0.29, 0.717) is 0 Å². The Balaban J connectivity index is 0. The minimum atomic E-state index is -1.06. The van der Waals surface area contributed by atoms with Gasteiger partial charge >= 0.3 is 35.5 Å². The Hall–Kier alpha value is 0.140. The number of aliphatic carboxylic acids is 1. The quantitative estimate of drug-likeness (QED) is 0.397. The fourth-order valence-electron chi connectivity index (χ4n) is 0.213. The number of Topliss-reactive ketones (excluding diaryl/α,β-unsaturated/α-hetero) is 1. The summed E-state index contributed by atoms with van der Waals surface area (Å²) in [5.74, 6) is -1.37. The van der Waals surface area contributed by atoms with Crippen LogP contribution >= 0.6 is 0 Å². The Labute approximate surface area is 69.4 Å². The SMILES string of the molecule is CC(=O)CC(=O)O.[NaH]. The van der Waals surface area contributed by atoms with Crippen molar-refractivity contribution in [2.45, 2.75) is 13.3 Å². The third-order valence-corrected chi connectivity index (χ3v) is 0.400. The number of rotatable bonds is 2. The molecule has 8 heavy (non-hydrogen) atoms. The van der Waals surface area contributed by atoms with Crippen molar-refractivity contribution in [2.24, 2.45) is 0 Å². The van der Waals surface area contributed by atoms with Gasteiger partial charge in [0.25, 0.3) is 0 Å². The van der Waals surface area contributed by atoms with Crippen molar-refractivity contribution in [1.82, 2.24) is 0 Å². The van der Waals surface area contributed by atoms with Crippen LogP contribution in [0.1, 0.15) is 13.3 Å². The molecule has 0 aliphatic rings. The Kier molecular flexibility index (Phi) is 7.26. The molecule has 4 heteroatoms. The van der Waals surface area contributed by atoms with E-state index in [2.05, 4.69) is 0 Å². The van der Waals surface area contributed by atoms with E-state index in [0.717, 1.165) is 0 Å². The van der Waals surface area contributed by atoms with Gasteiger partial charge in [0.1, 0.15) is 12.2 Å². The van der Waals surface area contributed by atoms with Crippen LogP contribution < -0.4 is 0 Å². The van der Waals surface area contributed by atoms with Crippen LogP contribution in [0.4, 0.5) is 0 Å². The summed E-state index contributed by atoms with van der Waals surface area (Å²) >= 11 is 0. The number of carboxylic acid groups (broad SMARTS) is 1. The van der Waals surface area contributed by atoms with Gasteiger partial charge in [-0.25, -0.2) is 0 Å². The van der Waals surface area contributed by atoms with Gasteiger partial charge < -0.3 is 5.11 Å². The normalized spacial score (nSPS) is 7.12. The molecule has 0 saturated carbocycles. The van der Waals surface area contributed by atoms with Crippen molar-refractivity contribution in [1.29, 1.82) is 0 Å². The third-order valence-electron chi connectivity index (χ3n) is 0.400. The van der Waals surface area contributed by atoms with E-state index in [1.807, 2.05) is 0 Å². The first-order valence-corrected chi connectivity index (χ1v) is 1.84. The van der Waals surface area contributed by atoms with Crippen molar-refractivity contribution in [2.75, 3.05) is 0 Å². The molecule has 0 bridgehead atoms. The maximum absolute atomic E-state index is 9.87.